The van der Waals surface area contributed by atoms with Crippen LogP contribution in [0.15, 0.2) is 23.2 Å². The first kappa shape index (κ1) is 16.3. The summed E-state index contributed by atoms with van der Waals surface area (Å²) in [6.45, 7) is 6.77. The summed E-state index contributed by atoms with van der Waals surface area (Å²) >= 11 is 0. The normalized spacial score (nSPS) is 19.8. The number of piperidine rings is 1. The third-order valence-corrected chi connectivity index (χ3v) is 5.14. The van der Waals surface area contributed by atoms with Crippen molar-refractivity contribution in [3.05, 3.63) is 29.3 Å². The number of nitrogens with two attached hydrogens (primary N) is 1. The van der Waals surface area contributed by atoms with E-state index in [-0.39, 0.29) is 0 Å². The summed E-state index contributed by atoms with van der Waals surface area (Å²) in [6.07, 6.45) is 7.43. The maximum Gasteiger partial charge on any atom is 0.193 e. The summed E-state index contributed by atoms with van der Waals surface area (Å²) in [6, 6.07) is 6.57. The van der Waals surface area contributed by atoms with Crippen LogP contribution in [-0.4, -0.2) is 37.0 Å². The lowest BCUT2D eigenvalue weighted by atomic mass is 9.97. The first-order valence-corrected chi connectivity index (χ1v) is 9.15. The van der Waals surface area contributed by atoms with Crippen LogP contribution in [0.3, 0.4) is 0 Å². The Balaban J connectivity index is 1.47. The number of anilines is 1. The van der Waals surface area contributed by atoms with E-state index in [0.29, 0.717) is 11.9 Å². The molecule has 3 rings (SSSR count). The molecule has 1 aliphatic heterocycles. The van der Waals surface area contributed by atoms with Crippen LogP contribution in [0.5, 0.6) is 0 Å². The van der Waals surface area contributed by atoms with Crippen LogP contribution >= 0.6 is 0 Å². The van der Waals surface area contributed by atoms with Crippen molar-refractivity contribution >= 4 is 11.6 Å². The molecule has 1 aromatic rings. The summed E-state index contributed by atoms with van der Waals surface area (Å²) in [5.74, 6) is 1.24. The minimum Gasteiger partial charge on any atom is -0.370 e. The molecule has 4 nitrogen and oxygen atoms in total. The summed E-state index contributed by atoms with van der Waals surface area (Å²) in [5.41, 5.74) is 10.1. The first-order chi connectivity index (χ1) is 11.2. The maximum absolute atomic E-state index is 6.07. The molecule has 4 heteroatoms. The number of nitrogens with one attached hydrogen (secondary N) is 1. The van der Waals surface area contributed by atoms with Crippen LogP contribution < -0.4 is 11.1 Å². The van der Waals surface area contributed by atoms with Gasteiger partial charge in [-0.25, -0.2) is 0 Å². The standard InChI is InChI=1S/C19H30N4/c1-2-10-23-11-8-15(9-12-23)14-21-19(20)22-18-7-6-16-4-3-5-17(16)13-18/h6-7,13,15H,2-5,8-12,14H2,1H3,(H3,20,21,22). The molecular weight excluding hydrogens is 284 g/mol. The van der Waals surface area contributed by atoms with Crippen molar-refractivity contribution in [3.8, 4) is 0 Å². The predicted molar refractivity (Wildman–Crippen MR) is 98.0 cm³/mol. The topological polar surface area (TPSA) is 53.6 Å². The molecule has 0 unspecified atom stereocenters. The number of hydrogen-bond acceptors (Lipinski definition) is 2. The van der Waals surface area contributed by atoms with Gasteiger partial charge in [-0.3, -0.25) is 4.99 Å². The van der Waals surface area contributed by atoms with E-state index in [2.05, 4.69) is 40.3 Å². The van der Waals surface area contributed by atoms with E-state index < -0.39 is 0 Å². The zero-order valence-corrected chi connectivity index (χ0v) is 14.4. The van der Waals surface area contributed by atoms with Crippen molar-refractivity contribution in [1.29, 1.82) is 0 Å². The minimum atomic E-state index is 0.555. The molecule has 0 radical (unpaired) electrons. The Hall–Kier alpha value is -1.55. The van der Waals surface area contributed by atoms with Crippen LogP contribution in [0.2, 0.25) is 0 Å². The second-order valence-corrected chi connectivity index (χ2v) is 6.97. The van der Waals surface area contributed by atoms with Crippen LogP contribution in [-0.2, 0) is 12.8 Å². The number of rotatable bonds is 5. The third-order valence-electron chi connectivity index (χ3n) is 5.14. The number of likely N-dealkylation sites (tertiary alicyclic amines) is 1. The summed E-state index contributed by atoms with van der Waals surface area (Å²) in [5, 5.41) is 3.26. The Bertz CT molecular complexity index is 544. The van der Waals surface area contributed by atoms with Crippen molar-refractivity contribution in [2.24, 2.45) is 16.6 Å². The minimum absolute atomic E-state index is 0.555. The van der Waals surface area contributed by atoms with Gasteiger partial charge in [0, 0.05) is 12.2 Å². The molecule has 1 heterocycles. The number of fused-ring (bicyclic) bond motifs is 1. The molecule has 1 aromatic carbocycles. The molecule has 0 bridgehead atoms. The molecule has 0 amide bonds. The van der Waals surface area contributed by atoms with E-state index in [1.165, 1.54) is 69.3 Å². The van der Waals surface area contributed by atoms with Gasteiger partial charge >= 0.3 is 0 Å². The number of hydrogen-bond donors (Lipinski definition) is 2. The largest absolute Gasteiger partial charge is 0.370 e. The van der Waals surface area contributed by atoms with Crippen molar-refractivity contribution in [2.75, 3.05) is 31.5 Å². The molecule has 0 atom stereocenters. The van der Waals surface area contributed by atoms with Gasteiger partial charge < -0.3 is 16.0 Å². The Morgan fingerprint density at radius 3 is 2.83 bits per heavy atom. The highest BCUT2D eigenvalue weighted by atomic mass is 15.1. The quantitative estimate of drug-likeness (QED) is 0.649. The van der Waals surface area contributed by atoms with Gasteiger partial charge in [-0.15, -0.1) is 0 Å². The Morgan fingerprint density at radius 1 is 1.26 bits per heavy atom. The fraction of sp³-hybridized carbons (Fsp3) is 0.632. The van der Waals surface area contributed by atoms with E-state index in [0.717, 1.165) is 12.2 Å². The number of benzene rings is 1. The lowest BCUT2D eigenvalue weighted by Crippen LogP contribution is -2.35. The molecule has 2 aliphatic rings. The maximum atomic E-state index is 6.07. The number of nitrogens with zero attached hydrogens (tertiary/aromatic N) is 2. The van der Waals surface area contributed by atoms with E-state index >= 15 is 0 Å². The van der Waals surface area contributed by atoms with Gasteiger partial charge in [0.2, 0.25) is 0 Å². The van der Waals surface area contributed by atoms with Crippen molar-refractivity contribution in [3.63, 3.8) is 0 Å². The molecule has 1 saturated heterocycles. The zero-order valence-electron chi connectivity index (χ0n) is 14.4. The lowest BCUT2D eigenvalue weighted by molar-refractivity contribution is 0.188. The average Bonchev–Trinajstić information content (AvgIpc) is 3.02. The second-order valence-electron chi connectivity index (χ2n) is 6.97. The van der Waals surface area contributed by atoms with E-state index in [1.54, 1.807) is 0 Å². The fourth-order valence-corrected chi connectivity index (χ4v) is 3.77. The van der Waals surface area contributed by atoms with Crippen LogP contribution in [0.25, 0.3) is 0 Å². The fourth-order valence-electron chi connectivity index (χ4n) is 3.77. The third kappa shape index (κ3) is 4.47. The number of guanidine groups is 1. The highest BCUT2D eigenvalue weighted by Gasteiger charge is 2.18. The highest BCUT2D eigenvalue weighted by molar-refractivity contribution is 5.92. The molecule has 23 heavy (non-hydrogen) atoms. The van der Waals surface area contributed by atoms with Crippen LogP contribution in [0.4, 0.5) is 5.69 Å². The number of aliphatic imine (C=N–C) groups is 1. The molecule has 0 saturated carbocycles. The average molecular weight is 314 g/mol. The Morgan fingerprint density at radius 2 is 2.04 bits per heavy atom. The highest BCUT2D eigenvalue weighted by Crippen LogP contribution is 2.24. The van der Waals surface area contributed by atoms with Gasteiger partial charge in [0.1, 0.15) is 0 Å². The zero-order chi connectivity index (χ0) is 16.1. The predicted octanol–water partition coefficient (Wildman–Crippen LogP) is 3.02. The van der Waals surface area contributed by atoms with Gasteiger partial charge in [0.25, 0.3) is 0 Å². The molecule has 3 N–H and O–H groups in total. The van der Waals surface area contributed by atoms with E-state index in [1.807, 2.05) is 0 Å². The van der Waals surface area contributed by atoms with Crippen LogP contribution in [0.1, 0.15) is 43.7 Å². The molecule has 0 aromatic heterocycles. The second kappa shape index (κ2) is 7.82. The van der Waals surface area contributed by atoms with Crippen molar-refractivity contribution in [1.82, 2.24) is 4.90 Å². The Labute approximate surface area is 140 Å². The molecular formula is C19H30N4. The van der Waals surface area contributed by atoms with E-state index in [4.69, 9.17) is 5.73 Å². The van der Waals surface area contributed by atoms with Crippen LogP contribution in [0, 0.1) is 5.92 Å². The van der Waals surface area contributed by atoms with Crippen molar-refractivity contribution < 1.29 is 0 Å². The SMILES string of the molecule is CCCN1CCC(CN=C(N)Nc2ccc3c(c2)CCC3)CC1. The van der Waals surface area contributed by atoms with Gasteiger partial charge in [0.05, 0.1) is 0 Å². The number of aryl methyl sites for hydroxylation is 2. The lowest BCUT2D eigenvalue weighted by Gasteiger charge is -2.30. The molecule has 1 fully saturated rings. The van der Waals surface area contributed by atoms with E-state index in [9.17, 15) is 0 Å². The monoisotopic (exact) mass is 314 g/mol. The van der Waals surface area contributed by atoms with Gasteiger partial charge in [0.15, 0.2) is 5.96 Å². The Kier molecular flexibility index (Phi) is 5.55. The first-order valence-electron chi connectivity index (χ1n) is 9.15. The smallest absolute Gasteiger partial charge is 0.193 e. The summed E-state index contributed by atoms with van der Waals surface area (Å²) < 4.78 is 0. The summed E-state index contributed by atoms with van der Waals surface area (Å²) in [7, 11) is 0. The molecule has 0 spiro atoms. The van der Waals surface area contributed by atoms with Crippen molar-refractivity contribution in [2.45, 2.75) is 45.4 Å². The molecule has 126 valence electrons. The summed E-state index contributed by atoms with van der Waals surface area (Å²) in [4.78, 5) is 7.13. The molecule has 1 aliphatic carbocycles. The van der Waals surface area contributed by atoms with Gasteiger partial charge in [-0.2, -0.15) is 0 Å². The van der Waals surface area contributed by atoms with Gasteiger partial charge in [-0.1, -0.05) is 13.0 Å². The van der Waals surface area contributed by atoms with Gasteiger partial charge in [-0.05, 0) is 87.3 Å².